The van der Waals surface area contributed by atoms with Gasteiger partial charge in [0.25, 0.3) is 0 Å². The van der Waals surface area contributed by atoms with E-state index in [2.05, 4.69) is 40.0 Å². The molecule has 0 spiro atoms. The first-order valence-corrected chi connectivity index (χ1v) is 10.7. The van der Waals surface area contributed by atoms with Gasteiger partial charge < -0.3 is 4.90 Å². The zero-order valence-corrected chi connectivity index (χ0v) is 16.8. The summed E-state index contributed by atoms with van der Waals surface area (Å²) in [5.74, 6) is 0. The van der Waals surface area contributed by atoms with E-state index < -0.39 is 10.4 Å². The molecule has 8 nitrogen and oxygen atoms in total. The highest BCUT2D eigenvalue weighted by atomic mass is 32.3. The molecule has 0 saturated carbocycles. The van der Waals surface area contributed by atoms with E-state index in [1.807, 2.05) is 23.2 Å². The van der Waals surface area contributed by atoms with Crippen LogP contribution in [0.4, 0.5) is 0 Å². The van der Waals surface area contributed by atoms with Gasteiger partial charge in [-0.3, -0.25) is 14.0 Å². The van der Waals surface area contributed by atoms with E-state index in [0.717, 1.165) is 19.8 Å². The first-order valence-electron chi connectivity index (χ1n) is 9.29. The molecule has 2 N–H and O–H groups in total. The minimum atomic E-state index is -4.67. The molecule has 1 saturated heterocycles. The van der Waals surface area contributed by atoms with Crippen molar-refractivity contribution in [1.82, 2.24) is 14.4 Å². The van der Waals surface area contributed by atoms with Gasteiger partial charge >= 0.3 is 10.4 Å². The molecular formula is C18H33N4O4S+. The summed E-state index contributed by atoms with van der Waals surface area (Å²) < 4.78 is 35.8. The Morgan fingerprint density at radius 1 is 1.00 bits per heavy atom. The number of aromatic nitrogens is 2. The average molecular weight is 402 g/mol. The van der Waals surface area contributed by atoms with Crippen LogP contribution in [0.2, 0.25) is 0 Å². The van der Waals surface area contributed by atoms with Crippen LogP contribution < -0.4 is 4.57 Å². The molecular weight excluding hydrogens is 368 g/mol. The standard InChI is InChI=1S/C18H31N4.H2O4S/c1-3-19-13-15-21(17-19)11-9-7-5-6-8-10-12-22-16-14-20(4-2)18-22;1-5(2,3)4/h3-4,13,15,17H,1-2,5-12,14,16,18H2;(H2,1,2,3,4)/q+1;. The SMILES string of the molecule is C=CN1CCN(CCCCCCCC[n+]2ccn(C=C)c2)C1.O=S(=O)(O)O. The Morgan fingerprint density at radius 3 is 2.19 bits per heavy atom. The van der Waals surface area contributed by atoms with Crippen molar-refractivity contribution in [1.29, 1.82) is 0 Å². The zero-order valence-electron chi connectivity index (χ0n) is 16.0. The Hall–Kier alpha value is -1.68. The predicted molar refractivity (Wildman–Crippen MR) is 106 cm³/mol. The average Bonchev–Trinajstić information content (AvgIpc) is 3.24. The number of hydrogen-bond donors (Lipinski definition) is 2. The molecule has 9 heteroatoms. The fraction of sp³-hybridized carbons (Fsp3) is 0.611. The molecule has 0 bridgehead atoms. The van der Waals surface area contributed by atoms with Gasteiger partial charge in [-0.2, -0.15) is 8.42 Å². The number of aryl methyl sites for hydroxylation is 1. The summed E-state index contributed by atoms with van der Waals surface area (Å²) in [5.41, 5.74) is 0. The van der Waals surface area contributed by atoms with Gasteiger partial charge in [-0.05, 0) is 32.0 Å². The highest BCUT2D eigenvalue weighted by Gasteiger charge is 2.15. The molecule has 0 aliphatic carbocycles. The topological polar surface area (TPSA) is 89.9 Å². The van der Waals surface area contributed by atoms with Crippen LogP contribution in [0.3, 0.4) is 0 Å². The van der Waals surface area contributed by atoms with E-state index in [1.54, 1.807) is 0 Å². The lowest BCUT2D eigenvalue weighted by atomic mass is 10.1. The quantitative estimate of drug-likeness (QED) is 0.336. The van der Waals surface area contributed by atoms with Crippen molar-refractivity contribution in [2.24, 2.45) is 0 Å². The fourth-order valence-corrected chi connectivity index (χ4v) is 2.99. The van der Waals surface area contributed by atoms with Crippen LogP contribution >= 0.6 is 0 Å². The first-order chi connectivity index (χ1) is 12.8. The van der Waals surface area contributed by atoms with E-state index in [1.165, 1.54) is 51.6 Å². The lowest BCUT2D eigenvalue weighted by Gasteiger charge is -2.15. The minimum absolute atomic E-state index is 1.07. The van der Waals surface area contributed by atoms with Crippen molar-refractivity contribution in [3.63, 3.8) is 0 Å². The van der Waals surface area contributed by atoms with Gasteiger partial charge in [-0.1, -0.05) is 32.4 Å². The van der Waals surface area contributed by atoms with Crippen molar-refractivity contribution < 1.29 is 22.1 Å². The number of hydrogen-bond acceptors (Lipinski definition) is 4. The summed E-state index contributed by atoms with van der Waals surface area (Å²) in [4.78, 5) is 4.82. The van der Waals surface area contributed by atoms with Crippen molar-refractivity contribution >= 4 is 16.6 Å². The van der Waals surface area contributed by atoms with Crippen LogP contribution in [0.25, 0.3) is 6.20 Å². The summed E-state index contributed by atoms with van der Waals surface area (Å²) in [6, 6.07) is 0. The first kappa shape index (κ1) is 23.4. The molecule has 0 aromatic carbocycles. The van der Waals surface area contributed by atoms with E-state index in [-0.39, 0.29) is 0 Å². The normalized spacial score (nSPS) is 14.7. The summed E-state index contributed by atoms with van der Waals surface area (Å²) >= 11 is 0. The molecule has 0 unspecified atom stereocenters. The third-order valence-electron chi connectivity index (χ3n) is 4.41. The highest BCUT2D eigenvalue weighted by molar-refractivity contribution is 7.79. The number of imidazole rings is 1. The second-order valence-corrected chi connectivity index (χ2v) is 7.50. The second kappa shape index (κ2) is 12.7. The van der Waals surface area contributed by atoms with Gasteiger partial charge in [0.05, 0.1) is 19.4 Å². The third kappa shape index (κ3) is 12.4. The van der Waals surface area contributed by atoms with Crippen molar-refractivity contribution in [3.8, 4) is 0 Å². The molecule has 27 heavy (non-hydrogen) atoms. The highest BCUT2D eigenvalue weighted by Crippen LogP contribution is 2.09. The Labute approximate surface area is 163 Å². The minimum Gasteiger partial charge on any atom is -0.364 e. The van der Waals surface area contributed by atoms with Crippen LogP contribution in [-0.4, -0.2) is 58.2 Å². The van der Waals surface area contributed by atoms with Gasteiger partial charge in [0.2, 0.25) is 6.33 Å². The van der Waals surface area contributed by atoms with Crippen LogP contribution in [0.15, 0.2) is 38.1 Å². The maximum absolute atomic E-state index is 8.74. The molecule has 1 aromatic rings. The molecule has 0 amide bonds. The van der Waals surface area contributed by atoms with Gasteiger partial charge in [-0.15, -0.1) is 0 Å². The molecule has 1 fully saturated rings. The van der Waals surface area contributed by atoms with Crippen molar-refractivity contribution in [3.05, 3.63) is 38.1 Å². The molecule has 1 aliphatic rings. The molecule has 1 aromatic heterocycles. The Morgan fingerprint density at radius 2 is 1.63 bits per heavy atom. The van der Waals surface area contributed by atoms with Crippen LogP contribution in [0, 0.1) is 0 Å². The van der Waals surface area contributed by atoms with Gasteiger partial charge in [0, 0.05) is 13.1 Å². The fourth-order valence-electron chi connectivity index (χ4n) is 2.99. The van der Waals surface area contributed by atoms with Crippen LogP contribution in [0.5, 0.6) is 0 Å². The van der Waals surface area contributed by atoms with Gasteiger partial charge in [-0.25, -0.2) is 9.13 Å². The Balaban J connectivity index is 0.000000646. The zero-order chi connectivity index (χ0) is 20.1. The Bertz CT molecular complexity index is 652. The third-order valence-corrected chi connectivity index (χ3v) is 4.41. The Kier molecular flexibility index (Phi) is 11.0. The van der Waals surface area contributed by atoms with E-state index in [4.69, 9.17) is 17.5 Å². The number of unbranched alkanes of at least 4 members (excludes halogenated alkanes) is 5. The molecule has 2 heterocycles. The van der Waals surface area contributed by atoms with Gasteiger partial charge in [0.1, 0.15) is 12.4 Å². The monoisotopic (exact) mass is 401 g/mol. The van der Waals surface area contributed by atoms with Crippen LogP contribution in [0.1, 0.15) is 38.5 Å². The smallest absolute Gasteiger partial charge is 0.364 e. The maximum atomic E-state index is 8.74. The van der Waals surface area contributed by atoms with Crippen LogP contribution in [-0.2, 0) is 16.9 Å². The number of nitrogens with zero attached hydrogens (tertiary/aromatic N) is 4. The lowest BCUT2D eigenvalue weighted by molar-refractivity contribution is -0.696. The molecule has 0 radical (unpaired) electrons. The lowest BCUT2D eigenvalue weighted by Crippen LogP contribution is -2.30. The summed E-state index contributed by atoms with van der Waals surface area (Å²) in [7, 11) is -4.67. The summed E-state index contributed by atoms with van der Waals surface area (Å²) in [6.45, 7) is 13.4. The molecule has 154 valence electrons. The molecule has 1 aliphatic heterocycles. The van der Waals surface area contributed by atoms with E-state index in [9.17, 15) is 0 Å². The second-order valence-electron chi connectivity index (χ2n) is 6.60. The summed E-state index contributed by atoms with van der Waals surface area (Å²) in [5, 5.41) is 0. The van der Waals surface area contributed by atoms with Gasteiger partial charge in [0.15, 0.2) is 0 Å². The predicted octanol–water partition coefficient (Wildman–Crippen LogP) is 2.28. The largest absolute Gasteiger partial charge is 0.394 e. The molecule has 0 atom stereocenters. The maximum Gasteiger partial charge on any atom is 0.394 e. The number of rotatable bonds is 11. The summed E-state index contributed by atoms with van der Waals surface area (Å²) in [6.07, 6.45) is 18.1. The van der Waals surface area contributed by atoms with E-state index >= 15 is 0 Å². The molecule has 2 rings (SSSR count). The van der Waals surface area contributed by atoms with Crippen molar-refractivity contribution in [2.45, 2.75) is 45.1 Å². The van der Waals surface area contributed by atoms with E-state index in [0.29, 0.717) is 0 Å². The van der Waals surface area contributed by atoms with Crippen molar-refractivity contribution in [2.75, 3.05) is 26.3 Å².